The van der Waals surface area contributed by atoms with Crippen molar-refractivity contribution in [3.05, 3.63) is 41.2 Å². The smallest absolute Gasteiger partial charge is 0.165 e. The summed E-state index contributed by atoms with van der Waals surface area (Å²) in [4.78, 5) is 21.9. The predicted octanol–water partition coefficient (Wildman–Crippen LogP) is 4.90. The van der Waals surface area contributed by atoms with E-state index in [4.69, 9.17) is 14.7 Å². The Labute approximate surface area is 233 Å². The van der Waals surface area contributed by atoms with Gasteiger partial charge in [0.05, 0.1) is 29.0 Å². The highest BCUT2D eigenvalue weighted by molar-refractivity contribution is 14.1. The zero-order valence-electron chi connectivity index (χ0n) is 20.6. The zero-order valence-corrected chi connectivity index (χ0v) is 23.6. The fourth-order valence-electron chi connectivity index (χ4n) is 5.88. The first-order valence-electron chi connectivity index (χ1n) is 13.1. The summed E-state index contributed by atoms with van der Waals surface area (Å²) in [6.45, 7) is 8.59. The SMILES string of the molecule is Fc1ccc2[nH]ccc2c1-c1nc(N2CCOCC2)c2sc(CN3CC[C@H](N4CCC4)[C@@H](I)C3)cc2n1. The molecule has 3 aliphatic rings. The van der Waals surface area contributed by atoms with Crippen molar-refractivity contribution in [3.8, 4) is 11.4 Å². The molecule has 0 unspecified atom stereocenters. The number of morpholine rings is 1. The summed E-state index contributed by atoms with van der Waals surface area (Å²) in [5.41, 5.74) is 2.25. The molecule has 7 rings (SSSR count). The lowest BCUT2D eigenvalue weighted by molar-refractivity contribution is 0.0701. The van der Waals surface area contributed by atoms with Crippen LogP contribution in [0.4, 0.5) is 10.2 Å². The number of likely N-dealkylation sites (tertiary alicyclic amines) is 2. The second-order valence-electron chi connectivity index (χ2n) is 10.3. The minimum atomic E-state index is -0.298. The third-order valence-corrected chi connectivity index (χ3v) is 10.3. The molecule has 3 aromatic heterocycles. The Morgan fingerprint density at radius 1 is 1.11 bits per heavy atom. The molecule has 7 nitrogen and oxygen atoms in total. The van der Waals surface area contributed by atoms with Crippen molar-refractivity contribution in [3.63, 3.8) is 0 Å². The summed E-state index contributed by atoms with van der Waals surface area (Å²) < 4.78 is 22.5. The van der Waals surface area contributed by atoms with Gasteiger partial charge in [-0.3, -0.25) is 9.80 Å². The number of aromatic nitrogens is 3. The topological polar surface area (TPSA) is 60.5 Å². The maximum absolute atomic E-state index is 15.2. The van der Waals surface area contributed by atoms with Crippen LogP contribution >= 0.6 is 33.9 Å². The molecule has 4 aromatic rings. The van der Waals surface area contributed by atoms with Crippen LogP contribution < -0.4 is 4.90 Å². The first kappa shape index (κ1) is 24.2. The molecule has 1 N–H and O–H groups in total. The Hall–Kier alpha value is -1.86. The van der Waals surface area contributed by atoms with E-state index in [0.717, 1.165) is 65.7 Å². The van der Waals surface area contributed by atoms with Crippen LogP contribution in [0.2, 0.25) is 0 Å². The molecular weight excluding hydrogens is 602 g/mol. The number of ether oxygens (including phenoxy) is 1. The minimum Gasteiger partial charge on any atom is -0.378 e. The van der Waals surface area contributed by atoms with Gasteiger partial charge in [-0.15, -0.1) is 11.3 Å². The first-order valence-corrected chi connectivity index (χ1v) is 15.2. The fourth-order valence-corrected chi connectivity index (χ4v) is 8.41. The number of benzene rings is 1. The maximum Gasteiger partial charge on any atom is 0.165 e. The van der Waals surface area contributed by atoms with E-state index >= 15 is 4.39 Å². The normalized spacial score (nSPS) is 23.7. The number of rotatable bonds is 5. The highest BCUT2D eigenvalue weighted by Gasteiger charge is 2.34. The van der Waals surface area contributed by atoms with Crippen molar-refractivity contribution in [1.82, 2.24) is 24.8 Å². The van der Waals surface area contributed by atoms with Gasteiger partial charge in [-0.25, -0.2) is 14.4 Å². The van der Waals surface area contributed by atoms with Gasteiger partial charge in [0.15, 0.2) is 11.6 Å². The molecule has 0 amide bonds. The maximum atomic E-state index is 15.2. The molecule has 1 aromatic carbocycles. The molecule has 2 atom stereocenters. The van der Waals surface area contributed by atoms with Gasteiger partial charge in [0, 0.05) is 64.7 Å². The van der Waals surface area contributed by atoms with Crippen molar-refractivity contribution in [2.45, 2.75) is 29.4 Å². The van der Waals surface area contributed by atoms with Gasteiger partial charge in [-0.1, -0.05) is 22.6 Å². The van der Waals surface area contributed by atoms with Crippen molar-refractivity contribution >= 4 is 60.9 Å². The summed E-state index contributed by atoms with van der Waals surface area (Å²) in [5.74, 6) is 1.05. The molecular formula is C27H30FIN6OS. The average molecular weight is 633 g/mol. The molecule has 3 saturated heterocycles. The van der Waals surface area contributed by atoms with E-state index in [0.29, 0.717) is 28.5 Å². The van der Waals surface area contributed by atoms with Crippen LogP contribution in [-0.2, 0) is 11.3 Å². The van der Waals surface area contributed by atoms with Crippen LogP contribution in [0.3, 0.4) is 0 Å². The lowest BCUT2D eigenvalue weighted by Gasteiger charge is -2.45. The minimum absolute atomic E-state index is 0.298. The number of thiophene rings is 1. The number of nitrogens with one attached hydrogen (secondary N) is 1. The fraction of sp³-hybridized carbons (Fsp3) is 0.481. The molecule has 0 aliphatic carbocycles. The lowest BCUT2D eigenvalue weighted by atomic mass is 9.99. The van der Waals surface area contributed by atoms with Gasteiger partial charge in [-0.05, 0) is 50.2 Å². The summed E-state index contributed by atoms with van der Waals surface area (Å²) in [6, 6.07) is 8.09. The van der Waals surface area contributed by atoms with E-state index in [1.54, 1.807) is 17.4 Å². The molecule has 0 bridgehead atoms. The standard InChI is InChI=1S/C27H30FIN6OS/c28-19-2-3-21-18(4-6-30-21)24(19)26-31-22-14-17(37-25(22)27(32-26)35-10-12-36-13-11-35)15-33-9-5-23(20(29)16-33)34-7-1-8-34/h2-4,6,14,20,23,30H,1,5,7-13,15-16H2/t20-,23-/m0/s1. The highest BCUT2D eigenvalue weighted by Crippen LogP contribution is 2.38. The second-order valence-corrected chi connectivity index (χ2v) is 13.0. The van der Waals surface area contributed by atoms with Crippen LogP contribution in [0.5, 0.6) is 0 Å². The number of H-pyrrole nitrogens is 1. The van der Waals surface area contributed by atoms with Gasteiger partial charge < -0.3 is 14.6 Å². The summed E-state index contributed by atoms with van der Waals surface area (Å²) in [7, 11) is 0. The van der Waals surface area contributed by atoms with Crippen LogP contribution in [0.1, 0.15) is 17.7 Å². The summed E-state index contributed by atoms with van der Waals surface area (Å²) in [6.07, 6.45) is 4.42. The van der Waals surface area contributed by atoms with Crippen LogP contribution in [-0.4, -0.2) is 87.2 Å². The third kappa shape index (κ3) is 4.54. The van der Waals surface area contributed by atoms with Crippen LogP contribution in [0, 0.1) is 5.82 Å². The van der Waals surface area contributed by atoms with Crippen molar-refractivity contribution in [2.75, 3.05) is 57.4 Å². The number of fused-ring (bicyclic) bond motifs is 2. The van der Waals surface area contributed by atoms with E-state index in [9.17, 15) is 0 Å². The van der Waals surface area contributed by atoms with E-state index in [-0.39, 0.29) is 5.82 Å². The first-order chi connectivity index (χ1) is 18.1. The number of nitrogens with zero attached hydrogens (tertiary/aromatic N) is 5. The van der Waals surface area contributed by atoms with Gasteiger partial charge in [0.25, 0.3) is 0 Å². The number of piperidine rings is 1. The molecule has 6 heterocycles. The van der Waals surface area contributed by atoms with Crippen molar-refractivity contribution in [1.29, 1.82) is 0 Å². The van der Waals surface area contributed by atoms with E-state index in [1.165, 1.54) is 36.9 Å². The predicted molar refractivity (Wildman–Crippen MR) is 155 cm³/mol. The van der Waals surface area contributed by atoms with E-state index in [1.807, 2.05) is 12.3 Å². The average Bonchev–Trinajstić information content (AvgIpc) is 3.51. The van der Waals surface area contributed by atoms with Gasteiger partial charge in [-0.2, -0.15) is 0 Å². The van der Waals surface area contributed by atoms with E-state index < -0.39 is 0 Å². The Kier molecular flexibility index (Phi) is 6.56. The van der Waals surface area contributed by atoms with Gasteiger partial charge in [0.2, 0.25) is 0 Å². The number of aromatic amines is 1. The molecule has 194 valence electrons. The molecule has 10 heteroatoms. The third-order valence-electron chi connectivity index (χ3n) is 7.95. The number of hydrogen-bond acceptors (Lipinski definition) is 7. The highest BCUT2D eigenvalue weighted by atomic mass is 127. The summed E-state index contributed by atoms with van der Waals surface area (Å²) >= 11 is 4.45. The van der Waals surface area contributed by atoms with Gasteiger partial charge in [0.1, 0.15) is 5.82 Å². The molecule has 3 aliphatic heterocycles. The Morgan fingerprint density at radius 3 is 2.76 bits per heavy atom. The molecule has 37 heavy (non-hydrogen) atoms. The molecule has 0 radical (unpaired) electrons. The number of anilines is 1. The quantitative estimate of drug-likeness (QED) is 0.250. The number of hydrogen-bond donors (Lipinski definition) is 1. The largest absolute Gasteiger partial charge is 0.378 e. The number of halogens is 2. The monoisotopic (exact) mass is 632 g/mol. The second kappa shape index (κ2) is 10.0. The molecule has 0 spiro atoms. The Balaban J connectivity index is 1.24. The number of alkyl halides is 1. The zero-order chi connectivity index (χ0) is 24.9. The Morgan fingerprint density at radius 2 is 1.97 bits per heavy atom. The summed E-state index contributed by atoms with van der Waals surface area (Å²) in [5, 5.41) is 0.806. The lowest BCUT2D eigenvalue weighted by Crippen LogP contribution is -2.55. The van der Waals surface area contributed by atoms with Crippen molar-refractivity contribution in [2.24, 2.45) is 0 Å². The van der Waals surface area contributed by atoms with Gasteiger partial charge >= 0.3 is 0 Å². The molecule has 3 fully saturated rings. The molecule has 0 saturated carbocycles. The van der Waals surface area contributed by atoms with Crippen molar-refractivity contribution < 1.29 is 9.13 Å². The van der Waals surface area contributed by atoms with E-state index in [2.05, 4.69) is 48.3 Å². The van der Waals surface area contributed by atoms with Crippen LogP contribution in [0.15, 0.2) is 30.5 Å². The Bertz CT molecular complexity index is 1430. The van der Waals surface area contributed by atoms with Crippen LogP contribution in [0.25, 0.3) is 32.5 Å².